The Labute approximate surface area is 301 Å². The van der Waals surface area contributed by atoms with Crippen LogP contribution in [0.4, 0.5) is 0 Å². The zero-order valence-electron chi connectivity index (χ0n) is 28.2. The summed E-state index contributed by atoms with van der Waals surface area (Å²) in [5.41, 5.74) is 7.54. The molecule has 0 saturated heterocycles. The first-order valence-corrected chi connectivity index (χ1v) is 17.6. The number of hydrogen-bond donors (Lipinski definition) is 0. The predicted molar refractivity (Wildman–Crippen MR) is 217 cm³/mol. The number of nitrogens with zero attached hydrogens (tertiary/aromatic N) is 3. The Hall–Kier alpha value is -6.97. The fourth-order valence-corrected chi connectivity index (χ4v) is 7.31. The topological polar surface area (TPSA) is 38.7 Å². The lowest BCUT2D eigenvalue weighted by molar-refractivity contribution is 1.08. The van der Waals surface area contributed by atoms with Crippen molar-refractivity contribution in [2.75, 3.05) is 0 Å². The van der Waals surface area contributed by atoms with E-state index in [-0.39, 0.29) is 0 Å². The second-order valence-electron chi connectivity index (χ2n) is 13.3. The Kier molecular flexibility index (Phi) is 7.14. The lowest BCUT2D eigenvalue weighted by Gasteiger charge is -2.12. The minimum atomic E-state index is 0.640. The molecule has 0 saturated carbocycles. The summed E-state index contributed by atoms with van der Waals surface area (Å²) in [4.78, 5) is 15.4. The van der Waals surface area contributed by atoms with Gasteiger partial charge in [-0.15, -0.1) is 0 Å². The highest BCUT2D eigenvalue weighted by Gasteiger charge is 2.15. The van der Waals surface area contributed by atoms with Crippen LogP contribution in [0.5, 0.6) is 0 Å². The van der Waals surface area contributed by atoms with Gasteiger partial charge in [-0.1, -0.05) is 158 Å². The second-order valence-corrected chi connectivity index (χ2v) is 13.3. The molecule has 0 aliphatic rings. The van der Waals surface area contributed by atoms with Crippen molar-refractivity contribution >= 4 is 43.1 Å². The average Bonchev–Trinajstić information content (AvgIpc) is 3.23. The van der Waals surface area contributed by atoms with Crippen molar-refractivity contribution < 1.29 is 0 Å². The molecule has 0 aliphatic heterocycles. The maximum atomic E-state index is 5.15. The monoisotopic (exact) mass is 661 g/mol. The van der Waals surface area contributed by atoms with E-state index in [1.807, 2.05) is 0 Å². The molecule has 0 atom stereocenters. The van der Waals surface area contributed by atoms with Crippen LogP contribution in [-0.2, 0) is 0 Å². The standard InChI is InChI=1S/C49H31N3/c1-2-9-32(10-3-1)38-21-22-41-28-39(23-24-40(41)27-38)37-14-8-15-42(30-37)47-50-48(43-25-17-33-11-4-5-13-36(33)29-43)52-49(51-47)44-26-20-35-19-18-34-12-6-7-16-45(34)46(35)31-44/h1-31H. The molecule has 0 bridgehead atoms. The van der Waals surface area contributed by atoms with Gasteiger partial charge in [0.2, 0.25) is 0 Å². The molecule has 0 N–H and O–H groups in total. The maximum Gasteiger partial charge on any atom is 0.164 e. The van der Waals surface area contributed by atoms with E-state index in [9.17, 15) is 0 Å². The van der Waals surface area contributed by atoms with Gasteiger partial charge in [0, 0.05) is 16.7 Å². The van der Waals surface area contributed by atoms with Gasteiger partial charge < -0.3 is 0 Å². The van der Waals surface area contributed by atoms with Gasteiger partial charge >= 0.3 is 0 Å². The van der Waals surface area contributed by atoms with E-state index in [1.54, 1.807) is 0 Å². The zero-order chi connectivity index (χ0) is 34.4. The smallest absolute Gasteiger partial charge is 0.164 e. The predicted octanol–water partition coefficient (Wildman–Crippen LogP) is 12.8. The molecule has 0 fully saturated rings. The molecule has 0 radical (unpaired) electrons. The molecule has 0 amide bonds. The van der Waals surface area contributed by atoms with E-state index < -0.39 is 0 Å². The van der Waals surface area contributed by atoms with E-state index in [2.05, 4.69) is 188 Å². The highest BCUT2D eigenvalue weighted by atomic mass is 15.0. The third-order valence-electron chi connectivity index (χ3n) is 10.0. The third-order valence-corrected chi connectivity index (χ3v) is 10.0. The largest absolute Gasteiger partial charge is 0.208 e. The molecule has 1 heterocycles. The molecule has 10 rings (SSSR count). The summed E-state index contributed by atoms with van der Waals surface area (Å²) in [6.07, 6.45) is 0. The molecule has 3 heteroatoms. The SMILES string of the molecule is c1ccc(-c2ccc3cc(-c4cccc(-c5nc(-c6ccc7ccccc7c6)nc(-c6ccc7ccc8ccccc8c7c6)n5)c4)ccc3c2)cc1. The van der Waals surface area contributed by atoms with Gasteiger partial charge in [0.05, 0.1) is 0 Å². The van der Waals surface area contributed by atoms with Crippen LogP contribution in [-0.4, -0.2) is 15.0 Å². The van der Waals surface area contributed by atoms with Gasteiger partial charge in [0.1, 0.15) is 0 Å². The fourth-order valence-electron chi connectivity index (χ4n) is 7.31. The van der Waals surface area contributed by atoms with Crippen molar-refractivity contribution in [1.82, 2.24) is 15.0 Å². The number of rotatable bonds is 5. The van der Waals surface area contributed by atoms with Crippen LogP contribution in [0.25, 0.3) is 99.5 Å². The van der Waals surface area contributed by atoms with Crippen molar-refractivity contribution in [3.05, 3.63) is 188 Å². The first-order chi connectivity index (χ1) is 25.7. The Balaban J connectivity index is 1.10. The van der Waals surface area contributed by atoms with Crippen molar-refractivity contribution in [2.45, 2.75) is 0 Å². The van der Waals surface area contributed by atoms with Crippen LogP contribution < -0.4 is 0 Å². The van der Waals surface area contributed by atoms with Gasteiger partial charge in [-0.25, -0.2) is 15.0 Å². The lowest BCUT2D eigenvalue weighted by Crippen LogP contribution is -2.00. The molecule has 1 aromatic heterocycles. The summed E-state index contributed by atoms with van der Waals surface area (Å²) < 4.78 is 0. The molecule has 9 aromatic carbocycles. The molecular weight excluding hydrogens is 631 g/mol. The minimum absolute atomic E-state index is 0.640. The summed E-state index contributed by atoms with van der Waals surface area (Å²) in [6.45, 7) is 0. The van der Waals surface area contributed by atoms with Crippen LogP contribution >= 0.6 is 0 Å². The van der Waals surface area contributed by atoms with E-state index in [4.69, 9.17) is 15.0 Å². The fraction of sp³-hybridized carbons (Fsp3) is 0. The zero-order valence-corrected chi connectivity index (χ0v) is 28.2. The second kappa shape index (κ2) is 12.4. The third kappa shape index (κ3) is 5.46. The molecule has 10 aromatic rings. The molecule has 242 valence electrons. The molecule has 0 spiro atoms. The van der Waals surface area contributed by atoms with E-state index in [0.29, 0.717) is 17.5 Å². The summed E-state index contributed by atoms with van der Waals surface area (Å²) in [7, 11) is 0. The summed E-state index contributed by atoms with van der Waals surface area (Å²) in [5, 5.41) is 9.54. The van der Waals surface area contributed by atoms with Gasteiger partial charge in [0.15, 0.2) is 17.5 Å². The maximum absolute atomic E-state index is 5.15. The van der Waals surface area contributed by atoms with E-state index in [1.165, 1.54) is 48.8 Å². The van der Waals surface area contributed by atoms with Gasteiger partial charge in [-0.05, 0) is 95.7 Å². The van der Waals surface area contributed by atoms with Crippen LogP contribution in [0.15, 0.2) is 188 Å². The van der Waals surface area contributed by atoms with Crippen molar-refractivity contribution in [3.8, 4) is 56.4 Å². The van der Waals surface area contributed by atoms with Crippen molar-refractivity contribution in [3.63, 3.8) is 0 Å². The van der Waals surface area contributed by atoms with E-state index >= 15 is 0 Å². The minimum Gasteiger partial charge on any atom is -0.208 e. The quantitative estimate of drug-likeness (QED) is 0.172. The summed E-state index contributed by atoms with van der Waals surface area (Å²) in [5.74, 6) is 1.93. The van der Waals surface area contributed by atoms with Crippen molar-refractivity contribution in [1.29, 1.82) is 0 Å². The van der Waals surface area contributed by atoms with E-state index in [0.717, 1.165) is 33.2 Å². The van der Waals surface area contributed by atoms with Gasteiger partial charge in [-0.3, -0.25) is 0 Å². The highest BCUT2D eigenvalue weighted by molar-refractivity contribution is 6.08. The number of aromatic nitrogens is 3. The molecule has 52 heavy (non-hydrogen) atoms. The Morgan fingerprint density at radius 1 is 0.212 bits per heavy atom. The highest BCUT2D eigenvalue weighted by Crippen LogP contribution is 2.34. The molecule has 0 unspecified atom stereocenters. The lowest BCUT2D eigenvalue weighted by atomic mass is 9.97. The molecule has 0 aliphatic carbocycles. The number of hydrogen-bond acceptors (Lipinski definition) is 3. The summed E-state index contributed by atoms with van der Waals surface area (Å²) >= 11 is 0. The van der Waals surface area contributed by atoms with Crippen LogP contribution in [0.2, 0.25) is 0 Å². The number of fused-ring (bicyclic) bond motifs is 5. The van der Waals surface area contributed by atoms with Crippen LogP contribution in [0.3, 0.4) is 0 Å². The van der Waals surface area contributed by atoms with Crippen LogP contribution in [0, 0.1) is 0 Å². The number of benzene rings is 9. The molecular formula is C49H31N3. The Morgan fingerprint density at radius 2 is 0.615 bits per heavy atom. The normalized spacial score (nSPS) is 11.5. The first-order valence-electron chi connectivity index (χ1n) is 17.6. The van der Waals surface area contributed by atoms with Crippen LogP contribution in [0.1, 0.15) is 0 Å². The van der Waals surface area contributed by atoms with Gasteiger partial charge in [0.25, 0.3) is 0 Å². The Morgan fingerprint density at radius 3 is 1.35 bits per heavy atom. The summed E-state index contributed by atoms with van der Waals surface area (Å²) in [6, 6.07) is 66.6. The van der Waals surface area contributed by atoms with Gasteiger partial charge in [-0.2, -0.15) is 0 Å². The average molecular weight is 662 g/mol. The molecule has 3 nitrogen and oxygen atoms in total. The van der Waals surface area contributed by atoms with Crippen molar-refractivity contribution in [2.24, 2.45) is 0 Å². The Bertz CT molecular complexity index is 2970. The first kappa shape index (κ1) is 29.9.